The van der Waals surface area contributed by atoms with Crippen molar-refractivity contribution in [2.24, 2.45) is 0 Å². The number of benzene rings is 2. The molecular weight excluding hydrogens is 457 g/mol. The van der Waals surface area contributed by atoms with Crippen molar-refractivity contribution in [3.05, 3.63) is 64.9 Å². The Balaban J connectivity index is 2.35. The van der Waals surface area contributed by atoms with Gasteiger partial charge >= 0.3 is 0 Å². The van der Waals surface area contributed by atoms with Gasteiger partial charge < -0.3 is 10.2 Å². The van der Waals surface area contributed by atoms with Gasteiger partial charge in [-0.3, -0.25) is 13.9 Å². The van der Waals surface area contributed by atoms with Gasteiger partial charge in [-0.1, -0.05) is 30.7 Å². The van der Waals surface area contributed by atoms with Gasteiger partial charge in [0.2, 0.25) is 21.8 Å². The lowest BCUT2D eigenvalue weighted by molar-refractivity contribution is -0.139. The summed E-state index contributed by atoms with van der Waals surface area (Å²) in [4.78, 5) is 27.2. The maximum Gasteiger partial charge on any atom is 0.244 e. The van der Waals surface area contributed by atoms with E-state index in [4.69, 9.17) is 11.6 Å². The molecule has 2 amide bonds. The molecule has 0 fully saturated rings. The van der Waals surface area contributed by atoms with Gasteiger partial charge in [0.1, 0.15) is 18.4 Å². The first-order valence-electron chi connectivity index (χ1n) is 10.1. The van der Waals surface area contributed by atoms with Gasteiger partial charge in [0.25, 0.3) is 0 Å². The van der Waals surface area contributed by atoms with Crippen molar-refractivity contribution >= 4 is 39.1 Å². The Morgan fingerprint density at radius 3 is 2.38 bits per heavy atom. The highest BCUT2D eigenvalue weighted by Gasteiger charge is 2.30. The van der Waals surface area contributed by atoms with Crippen molar-refractivity contribution in [2.75, 3.05) is 23.7 Å². The molecular formula is C22H27ClFN3O4S. The molecule has 7 nitrogen and oxygen atoms in total. The lowest BCUT2D eigenvalue weighted by atomic mass is 10.1. The molecule has 0 aliphatic rings. The van der Waals surface area contributed by atoms with Crippen molar-refractivity contribution < 1.29 is 22.4 Å². The molecule has 174 valence electrons. The fourth-order valence-corrected chi connectivity index (χ4v) is 4.09. The maximum atomic E-state index is 13.3. The van der Waals surface area contributed by atoms with Crippen LogP contribution in [0.1, 0.15) is 25.8 Å². The molecule has 0 heterocycles. The summed E-state index contributed by atoms with van der Waals surface area (Å²) in [7, 11) is -3.86. The fourth-order valence-electron chi connectivity index (χ4n) is 3.03. The van der Waals surface area contributed by atoms with Crippen LogP contribution >= 0.6 is 11.6 Å². The SMILES string of the molecule is CCCNC(=O)[C@@H](C)N(Cc1cccc(Cl)c1)C(=O)CN(c1ccc(F)cc1)S(C)(=O)=O. The Hall–Kier alpha value is -2.65. The van der Waals surface area contributed by atoms with E-state index in [2.05, 4.69) is 5.32 Å². The Labute approximate surface area is 193 Å². The summed E-state index contributed by atoms with van der Waals surface area (Å²) >= 11 is 6.05. The van der Waals surface area contributed by atoms with Gasteiger partial charge in [0.05, 0.1) is 11.9 Å². The third-order valence-corrected chi connectivity index (χ3v) is 6.13. The third-order valence-electron chi connectivity index (χ3n) is 4.75. The fraction of sp³-hybridized carbons (Fsp3) is 0.364. The highest BCUT2D eigenvalue weighted by atomic mass is 35.5. The van der Waals surface area contributed by atoms with Crippen LogP contribution < -0.4 is 9.62 Å². The molecule has 0 saturated carbocycles. The van der Waals surface area contributed by atoms with Gasteiger partial charge in [-0.2, -0.15) is 0 Å². The van der Waals surface area contributed by atoms with Gasteiger partial charge in [-0.05, 0) is 55.3 Å². The number of amides is 2. The summed E-state index contributed by atoms with van der Waals surface area (Å²) < 4.78 is 39.0. The number of nitrogens with zero attached hydrogens (tertiary/aromatic N) is 2. The molecule has 0 aliphatic heterocycles. The van der Waals surface area contributed by atoms with Gasteiger partial charge in [0.15, 0.2) is 0 Å². The van der Waals surface area contributed by atoms with Crippen LogP contribution in [0.5, 0.6) is 0 Å². The molecule has 10 heteroatoms. The van der Waals surface area contributed by atoms with E-state index >= 15 is 0 Å². The average molecular weight is 484 g/mol. The van der Waals surface area contributed by atoms with Crippen LogP contribution in [0.3, 0.4) is 0 Å². The lowest BCUT2D eigenvalue weighted by Crippen LogP contribution is -2.51. The second-order valence-electron chi connectivity index (χ2n) is 7.36. The topological polar surface area (TPSA) is 86.8 Å². The van der Waals surface area contributed by atoms with E-state index in [9.17, 15) is 22.4 Å². The third kappa shape index (κ3) is 7.20. The van der Waals surface area contributed by atoms with E-state index in [1.165, 1.54) is 17.0 Å². The number of carbonyl (C=O) groups is 2. The number of carbonyl (C=O) groups excluding carboxylic acids is 2. The monoisotopic (exact) mass is 483 g/mol. The molecule has 2 aromatic rings. The smallest absolute Gasteiger partial charge is 0.244 e. The first-order valence-corrected chi connectivity index (χ1v) is 12.3. The molecule has 0 radical (unpaired) electrons. The minimum atomic E-state index is -3.86. The van der Waals surface area contributed by atoms with Crippen molar-refractivity contribution in [1.82, 2.24) is 10.2 Å². The van der Waals surface area contributed by atoms with E-state index in [-0.39, 0.29) is 18.1 Å². The zero-order chi connectivity index (χ0) is 23.9. The van der Waals surface area contributed by atoms with Gasteiger partial charge in [-0.25, -0.2) is 12.8 Å². The molecule has 1 N–H and O–H groups in total. The van der Waals surface area contributed by atoms with Crippen molar-refractivity contribution in [3.8, 4) is 0 Å². The number of anilines is 1. The highest BCUT2D eigenvalue weighted by Crippen LogP contribution is 2.20. The summed E-state index contributed by atoms with van der Waals surface area (Å²) in [6.45, 7) is 3.45. The number of rotatable bonds is 10. The van der Waals surface area contributed by atoms with E-state index in [1.54, 1.807) is 31.2 Å². The second kappa shape index (κ2) is 11.3. The summed E-state index contributed by atoms with van der Waals surface area (Å²) in [5.41, 5.74) is 0.835. The van der Waals surface area contributed by atoms with Crippen LogP contribution in [0.4, 0.5) is 10.1 Å². The van der Waals surface area contributed by atoms with E-state index in [1.807, 2.05) is 6.92 Å². The molecule has 1 atom stereocenters. The summed E-state index contributed by atoms with van der Waals surface area (Å²) in [6, 6.07) is 10.8. The van der Waals surface area contributed by atoms with Gasteiger partial charge in [0, 0.05) is 18.1 Å². The normalized spacial score (nSPS) is 12.2. The molecule has 0 aliphatic carbocycles. The Morgan fingerprint density at radius 1 is 1.16 bits per heavy atom. The van der Waals surface area contributed by atoms with Crippen molar-refractivity contribution in [1.29, 1.82) is 0 Å². The minimum Gasteiger partial charge on any atom is -0.354 e. The van der Waals surface area contributed by atoms with Crippen molar-refractivity contribution in [2.45, 2.75) is 32.9 Å². The van der Waals surface area contributed by atoms with Crippen molar-refractivity contribution in [3.63, 3.8) is 0 Å². The molecule has 0 bridgehead atoms. The van der Waals surface area contributed by atoms with Crippen LogP contribution in [-0.4, -0.2) is 50.5 Å². The molecule has 0 aromatic heterocycles. The minimum absolute atomic E-state index is 0.0567. The summed E-state index contributed by atoms with van der Waals surface area (Å²) in [6.07, 6.45) is 1.69. The number of sulfonamides is 1. The maximum absolute atomic E-state index is 13.3. The summed E-state index contributed by atoms with van der Waals surface area (Å²) in [5.74, 6) is -1.47. The molecule has 0 spiro atoms. The van der Waals surface area contributed by atoms with Gasteiger partial charge in [-0.15, -0.1) is 0 Å². The first-order chi connectivity index (χ1) is 15.0. The van der Waals surface area contributed by atoms with E-state index < -0.39 is 34.3 Å². The predicted octanol–water partition coefficient (Wildman–Crippen LogP) is 3.19. The molecule has 2 aromatic carbocycles. The number of hydrogen-bond donors (Lipinski definition) is 1. The number of hydrogen-bond acceptors (Lipinski definition) is 4. The predicted molar refractivity (Wildman–Crippen MR) is 123 cm³/mol. The van der Waals surface area contributed by atoms with Crippen LogP contribution in [0.2, 0.25) is 5.02 Å². The highest BCUT2D eigenvalue weighted by molar-refractivity contribution is 7.92. The van der Waals surface area contributed by atoms with Crippen LogP contribution in [0.15, 0.2) is 48.5 Å². The quantitative estimate of drug-likeness (QED) is 0.562. The van der Waals surface area contributed by atoms with Crippen LogP contribution in [0.25, 0.3) is 0 Å². The number of nitrogens with one attached hydrogen (secondary N) is 1. The van der Waals surface area contributed by atoms with Crippen LogP contribution in [0, 0.1) is 5.82 Å². The zero-order valence-corrected chi connectivity index (χ0v) is 19.8. The second-order valence-corrected chi connectivity index (χ2v) is 9.71. The lowest BCUT2D eigenvalue weighted by Gasteiger charge is -2.31. The van der Waals surface area contributed by atoms with E-state index in [0.29, 0.717) is 17.1 Å². The Kier molecular flexibility index (Phi) is 9.03. The molecule has 0 unspecified atom stereocenters. The zero-order valence-electron chi connectivity index (χ0n) is 18.2. The van der Waals surface area contributed by atoms with E-state index in [0.717, 1.165) is 29.1 Å². The standard InChI is InChI=1S/C22H27ClFN3O4S/c1-4-12-25-22(29)16(2)26(14-17-6-5-7-18(23)13-17)21(28)15-27(32(3,30)31)20-10-8-19(24)9-11-20/h5-11,13,16H,4,12,14-15H2,1-3H3,(H,25,29)/t16-/m1/s1. The van der Waals surface area contributed by atoms with Crippen LogP contribution in [-0.2, 0) is 26.2 Å². The Morgan fingerprint density at radius 2 is 1.81 bits per heavy atom. The Bertz CT molecular complexity index is 1050. The first kappa shape index (κ1) is 25.6. The average Bonchev–Trinajstić information content (AvgIpc) is 2.73. The molecule has 2 rings (SSSR count). The summed E-state index contributed by atoms with van der Waals surface area (Å²) in [5, 5.41) is 3.23. The number of halogens is 2. The molecule has 0 saturated heterocycles. The largest absolute Gasteiger partial charge is 0.354 e. The molecule has 32 heavy (non-hydrogen) atoms.